The molecule has 0 aromatic heterocycles. The standard InChI is InChI=1S/C14H11NO6/c16-13-11(14(17)18)6-10(7-12(13)15(19)20)21-8-9-4-2-1-3-5-9/h1-7,16H,8H2,(H,17,18). The number of carboxylic acid groups (broad SMARTS) is 1. The van der Waals surface area contributed by atoms with Crippen LogP contribution in [0.15, 0.2) is 42.5 Å². The first-order valence-electron chi connectivity index (χ1n) is 5.90. The predicted octanol–water partition coefficient (Wildman–Crippen LogP) is 2.58. The smallest absolute Gasteiger partial charge is 0.339 e. The highest BCUT2D eigenvalue weighted by molar-refractivity contribution is 5.93. The molecule has 2 aromatic carbocycles. The van der Waals surface area contributed by atoms with Crippen molar-refractivity contribution in [3.8, 4) is 11.5 Å². The molecule has 2 aromatic rings. The summed E-state index contributed by atoms with van der Waals surface area (Å²) in [7, 11) is 0. The van der Waals surface area contributed by atoms with Crippen molar-refractivity contribution in [2.24, 2.45) is 0 Å². The lowest BCUT2D eigenvalue weighted by molar-refractivity contribution is -0.386. The lowest BCUT2D eigenvalue weighted by atomic mass is 10.1. The highest BCUT2D eigenvalue weighted by atomic mass is 16.6. The van der Waals surface area contributed by atoms with Crippen molar-refractivity contribution in [3.63, 3.8) is 0 Å². The van der Waals surface area contributed by atoms with Gasteiger partial charge >= 0.3 is 11.7 Å². The Morgan fingerprint density at radius 1 is 1.24 bits per heavy atom. The van der Waals surface area contributed by atoms with E-state index in [1.165, 1.54) is 0 Å². The van der Waals surface area contributed by atoms with Gasteiger partial charge in [0.25, 0.3) is 0 Å². The topological polar surface area (TPSA) is 110 Å². The number of nitro groups is 1. The summed E-state index contributed by atoms with van der Waals surface area (Å²) in [5.74, 6) is -2.36. The van der Waals surface area contributed by atoms with E-state index in [2.05, 4.69) is 0 Å². The van der Waals surface area contributed by atoms with Gasteiger partial charge in [0.2, 0.25) is 5.75 Å². The van der Waals surface area contributed by atoms with Gasteiger partial charge in [-0.1, -0.05) is 30.3 Å². The van der Waals surface area contributed by atoms with Gasteiger partial charge in [-0.05, 0) is 11.6 Å². The van der Waals surface area contributed by atoms with E-state index in [-0.39, 0.29) is 12.4 Å². The van der Waals surface area contributed by atoms with Gasteiger partial charge in [0, 0.05) is 0 Å². The van der Waals surface area contributed by atoms with Gasteiger partial charge in [-0.3, -0.25) is 10.1 Å². The van der Waals surface area contributed by atoms with Crippen molar-refractivity contribution >= 4 is 11.7 Å². The number of benzene rings is 2. The van der Waals surface area contributed by atoms with E-state index >= 15 is 0 Å². The summed E-state index contributed by atoms with van der Waals surface area (Å²) >= 11 is 0. The maximum atomic E-state index is 11.0. The van der Waals surface area contributed by atoms with E-state index in [1.54, 1.807) is 24.3 Å². The van der Waals surface area contributed by atoms with Gasteiger partial charge < -0.3 is 14.9 Å². The summed E-state index contributed by atoms with van der Waals surface area (Å²) in [6, 6.07) is 11.1. The normalized spacial score (nSPS) is 10.1. The number of ether oxygens (including phenoxy) is 1. The van der Waals surface area contributed by atoms with Crippen LogP contribution in [0.5, 0.6) is 11.5 Å². The molecule has 0 saturated carbocycles. The number of aromatic hydroxyl groups is 1. The van der Waals surface area contributed by atoms with E-state index in [1.807, 2.05) is 6.07 Å². The molecule has 0 spiro atoms. The van der Waals surface area contributed by atoms with Crippen molar-refractivity contribution < 1.29 is 24.7 Å². The number of nitro benzene ring substituents is 1. The molecule has 0 radical (unpaired) electrons. The van der Waals surface area contributed by atoms with Crippen LogP contribution in [0.2, 0.25) is 0 Å². The Kier molecular flexibility index (Phi) is 4.03. The maximum absolute atomic E-state index is 11.0. The molecular formula is C14H11NO6. The SMILES string of the molecule is O=C(O)c1cc(OCc2ccccc2)cc([N+](=O)[O-])c1O. The van der Waals surface area contributed by atoms with Gasteiger partial charge in [0.1, 0.15) is 17.9 Å². The molecule has 21 heavy (non-hydrogen) atoms. The molecule has 0 aliphatic heterocycles. The fourth-order valence-electron chi connectivity index (χ4n) is 1.72. The van der Waals surface area contributed by atoms with Crippen molar-refractivity contribution in [1.29, 1.82) is 0 Å². The third kappa shape index (κ3) is 3.27. The average Bonchev–Trinajstić information content (AvgIpc) is 2.46. The summed E-state index contributed by atoms with van der Waals surface area (Å²) < 4.78 is 5.35. The van der Waals surface area contributed by atoms with Crippen LogP contribution in [0.1, 0.15) is 15.9 Å². The Morgan fingerprint density at radius 2 is 1.90 bits per heavy atom. The fourth-order valence-corrected chi connectivity index (χ4v) is 1.72. The monoisotopic (exact) mass is 289 g/mol. The van der Waals surface area contributed by atoms with Crippen molar-refractivity contribution in [2.45, 2.75) is 6.61 Å². The lowest BCUT2D eigenvalue weighted by Crippen LogP contribution is -2.02. The highest BCUT2D eigenvalue weighted by Crippen LogP contribution is 2.34. The molecule has 7 heteroatoms. The second kappa shape index (κ2) is 5.91. The van der Waals surface area contributed by atoms with E-state index in [0.29, 0.717) is 0 Å². The zero-order valence-corrected chi connectivity index (χ0v) is 10.7. The van der Waals surface area contributed by atoms with Crippen LogP contribution in [-0.2, 0) is 6.61 Å². The molecule has 0 heterocycles. The van der Waals surface area contributed by atoms with E-state index < -0.39 is 27.9 Å². The average molecular weight is 289 g/mol. The largest absolute Gasteiger partial charge is 0.501 e. The Balaban J connectivity index is 2.31. The zero-order chi connectivity index (χ0) is 15.4. The lowest BCUT2D eigenvalue weighted by Gasteiger charge is -2.08. The first-order chi connectivity index (χ1) is 9.99. The summed E-state index contributed by atoms with van der Waals surface area (Å²) in [5.41, 5.74) is -0.463. The third-order valence-electron chi connectivity index (χ3n) is 2.74. The number of phenols is 1. The van der Waals surface area contributed by atoms with Crippen LogP contribution in [0.25, 0.3) is 0 Å². The summed E-state index contributed by atoms with van der Waals surface area (Å²) in [4.78, 5) is 20.9. The van der Waals surface area contributed by atoms with Gasteiger partial charge in [0.15, 0.2) is 0 Å². The molecule has 0 aliphatic rings. The molecule has 0 unspecified atom stereocenters. The van der Waals surface area contributed by atoms with E-state index in [0.717, 1.165) is 17.7 Å². The first kappa shape index (κ1) is 14.3. The minimum absolute atomic E-state index is 0.000697. The molecule has 7 nitrogen and oxygen atoms in total. The molecule has 0 atom stereocenters. The number of rotatable bonds is 5. The van der Waals surface area contributed by atoms with Gasteiger partial charge in [-0.2, -0.15) is 0 Å². The Hall–Kier alpha value is -3.09. The first-order valence-corrected chi connectivity index (χ1v) is 5.90. The number of carbonyl (C=O) groups is 1. The van der Waals surface area contributed by atoms with Crippen molar-refractivity contribution in [1.82, 2.24) is 0 Å². The van der Waals surface area contributed by atoms with E-state index in [9.17, 15) is 20.0 Å². The number of hydrogen-bond acceptors (Lipinski definition) is 5. The van der Waals surface area contributed by atoms with Crippen LogP contribution >= 0.6 is 0 Å². The van der Waals surface area contributed by atoms with Crippen LogP contribution < -0.4 is 4.74 Å². The number of aromatic carboxylic acids is 1. The zero-order valence-electron chi connectivity index (χ0n) is 10.7. The molecule has 0 bridgehead atoms. The molecule has 2 rings (SSSR count). The summed E-state index contributed by atoms with van der Waals surface area (Å²) in [6.07, 6.45) is 0. The van der Waals surface area contributed by atoms with Crippen LogP contribution in [0, 0.1) is 10.1 Å². The molecule has 2 N–H and O–H groups in total. The Morgan fingerprint density at radius 3 is 2.48 bits per heavy atom. The van der Waals surface area contributed by atoms with Gasteiger partial charge in [-0.15, -0.1) is 0 Å². The minimum Gasteiger partial charge on any atom is -0.501 e. The maximum Gasteiger partial charge on any atom is 0.339 e. The Bertz CT molecular complexity index is 648. The van der Waals surface area contributed by atoms with Crippen LogP contribution in [-0.4, -0.2) is 21.1 Å². The van der Waals surface area contributed by atoms with Crippen LogP contribution in [0.3, 0.4) is 0 Å². The minimum atomic E-state index is -1.47. The highest BCUT2D eigenvalue weighted by Gasteiger charge is 2.23. The number of nitrogens with zero attached hydrogens (tertiary/aromatic N) is 1. The summed E-state index contributed by atoms with van der Waals surface area (Å²) in [5, 5.41) is 29.3. The quantitative estimate of drug-likeness (QED) is 0.646. The second-order valence-corrected chi connectivity index (χ2v) is 4.18. The fraction of sp³-hybridized carbons (Fsp3) is 0.0714. The predicted molar refractivity (Wildman–Crippen MR) is 72.5 cm³/mol. The molecular weight excluding hydrogens is 278 g/mol. The van der Waals surface area contributed by atoms with E-state index in [4.69, 9.17) is 9.84 Å². The van der Waals surface area contributed by atoms with Crippen molar-refractivity contribution in [2.75, 3.05) is 0 Å². The van der Waals surface area contributed by atoms with Crippen LogP contribution in [0.4, 0.5) is 5.69 Å². The molecule has 0 amide bonds. The molecule has 0 fully saturated rings. The van der Waals surface area contributed by atoms with Gasteiger partial charge in [0.05, 0.1) is 11.0 Å². The summed E-state index contributed by atoms with van der Waals surface area (Å²) in [6.45, 7) is 0.127. The van der Waals surface area contributed by atoms with Crippen molar-refractivity contribution in [3.05, 3.63) is 63.7 Å². The molecule has 0 aliphatic carbocycles. The Labute approximate surface area is 119 Å². The number of carboxylic acids is 1. The number of hydrogen-bond donors (Lipinski definition) is 2. The molecule has 108 valence electrons. The second-order valence-electron chi connectivity index (χ2n) is 4.18. The molecule has 0 saturated heterocycles. The van der Waals surface area contributed by atoms with Gasteiger partial charge in [-0.25, -0.2) is 4.79 Å². The third-order valence-corrected chi connectivity index (χ3v) is 2.74.